The van der Waals surface area contributed by atoms with Crippen LogP contribution in [-0.4, -0.2) is 9.38 Å². The highest BCUT2D eigenvalue weighted by Crippen LogP contribution is 2.27. The molecule has 0 radical (unpaired) electrons. The highest BCUT2D eigenvalue weighted by Gasteiger charge is 2.06. The first-order valence-electron chi connectivity index (χ1n) is 4.93. The normalized spacial score (nSPS) is 11.1. The van der Waals surface area contributed by atoms with E-state index in [1.165, 1.54) is 9.75 Å². The largest absolute Gasteiger partial charge is 0.305 e. The molecule has 0 fully saturated rings. The minimum atomic E-state index is 0.721. The lowest BCUT2D eigenvalue weighted by Crippen LogP contribution is -1.79. The maximum absolute atomic E-state index is 5.93. The molecule has 0 aliphatic carbocycles. The van der Waals surface area contributed by atoms with Gasteiger partial charge in [-0.2, -0.15) is 0 Å². The number of halogens is 1. The molecule has 3 heterocycles. The summed E-state index contributed by atoms with van der Waals surface area (Å²) in [6, 6.07) is 7.99. The minimum absolute atomic E-state index is 0.721. The summed E-state index contributed by atoms with van der Waals surface area (Å²) in [6.45, 7) is 2.10. The van der Waals surface area contributed by atoms with E-state index < -0.39 is 0 Å². The second kappa shape index (κ2) is 3.61. The molecule has 0 amide bonds. The quantitative estimate of drug-likeness (QED) is 0.636. The maximum atomic E-state index is 5.93. The number of hydrogen-bond acceptors (Lipinski definition) is 2. The number of fused-ring (bicyclic) bond motifs is 1. The summed E-state index contributed by atoms with van der Waals surface area (Å²) >= 11 is 7.68. The molecule has 3 aromatic rings. The molecule has 0 atom stereocenters. The molecule has 0 saturated heterocycles. The van der Waals surface area contributed by atoms with Crippen molar-refractivity contribution in [2.45, 2.75) is 6.92 Å². The van der Waals surface area contributed by atoms with Crippen LogP contribution in [0.2, 0.25) is 5.02 Å². The molecule has 0 unspecified atom stereocenters. The van der Waals surface area contributed by atoms with Crippen LogP contribution in [0, 0.1) is 6.92 Å². The Balaban J connectivity index is 2.18. The van der Waals surface area contributed by atoms with Crippen LogP contribution in [0.3, 0.4) is 0 Å². The molecule has 4 heteroatoms. The van der Waals surface area contributed by atoms with E-state index in [1.54, 1.807) is 11.3 Å². The summed E-state index contributed by atoms with van der Waals surface area (Å²) in [7, 11) is 0. The SMILES string of the molecule is Cc1ccc(-c2cn3cc(Cl)ccc3n2)s1. The minimum Gasteiger partial charge on any atom is -0.305 e. The van der Waals surface area contributed by atoms with Crippen LogP contribution in [0.4, 0.5) is 0 Å². The van der Waals surface area contributed by atoms with Crippen LogP contribution in [0.5, 0.6) is 0 Å². The van der Waals surface area contributed by atoms with E-state index in [1.807, 2.05) is 28.9 Å². The molecule has 0 spiro atoms. The molecule has 0 aliphatic heterocycles. The fraction of sp³-hybridized carbons (Fsp3) is 0.0833. The third-order valence-corrected chi connectivity index (χ3v) is 3.65. The number of thiophene rings is 1. The molecular weight excluding hydrogens is 240 g/mol. The van der Waals surface area contributed by atoms with Gasteiger partial charge in [0.25, 0.3) is 0 Å². The highest BCUT2D eigenvalue weighted by molar-refractivity contribution is 7.15. The summed E-state index contributed by atoms with van der Waals surface area (Å²) in [6.07, 6.45) is 3.88. The first-order chi connectivity index (χ1) is 7.72. The zero-order valence-electron chi connectivity index (χ0n) is 8.64. The van der Waals surface area contributed by atoms with Crippen LogP contribution >= 0.6 is 22.9 Å². The molecule has 2 nitrogen and oxygen atoms in total. The van der Waals surface area contributed by atoms with E-state index in [0.29, 0.717) is 0 Å². The van der Waals surface area contributed by atoms with Crippen LogP contribution in [0.25, 0.3) is 16.2 Å². The lowest BCUT2D eigenvalue weighted by atomic mass is 10.4. The van der Waals surface area contributed by atoms with Gasteiger partial charge in [0.1, 0.15) is 5.65 Å². The molecule has 16 heavy (non-hydrogen) atoms. The number of aryl methyl sites for hydroxylation is 1. The molecule has 3 aromatic heterocycles. The molecule has 0 bridgehead atoms. The Morgan fingerprint density at radius 1 is 1.19 bits per heavy atom. The van der Waals surface area contributed by atoms with E-state index >= 15 is 0 Å². The van der Waals surface area contributed by atoms with E-state index in [-0.39, 0.29) is 0 Å². The second-order valence-corrected chi connectivity index (χ2v) is 5.37. The standard InChI is InChI=1S/C12H9ClN2S/c1-8-2-4-11(16-8)10-7-15-6-9(13)3-5-12(15)14-10/h2-7H,1H3. The number of imidazole rings is 1. The van der Waals surface area contributed by atoms with Crippen molar-refractivity contribution in [1.29, 1.82) is 0 Å². The zero-order chi connectivity index (χ0) is 11.1. The third-order valence-electron chi connectivity index (χ3n) is 2.41. The lowest BCUT2D eigenvalue weighted by Gasteiger charge is -1.91. The molecule has 0 aromatic carbocycles. The number of pyridine rings is 1. The Bertz CT molecular complexity index is 654. The van der Waals surface area contributed by atoms with Crippen molar-refractivity contribution in [2.24, 2.45) is 0 Å². The Morgan fingerprint density at radius 2 is 2.06 bits per heavy atom. The predicted octanol–water partition coefficient (Wildman–Crippen LogP) is 4.02. The predicted molar refractivity (Wildman–Crippen MR) is 68.3 cm³/mol. The van der Waals surface area contributed by atoms with E-state index in [4.69, 9.17) is 11.6 Å². The van der Waals surface area contributed by atoms with Gasteiger partial charge in [0.15, 0.2) is 0 Å². The van der Waals surface area contributed by atoms with E-state index in [0.717, 1.165) is 16.4 Å². The van der Waals surface area contributed by atoms with E-state index in [9.17, 15) is 0 Å². The summed E-state index contributed by atoms with van der Waals surface area (Å²) in [5.41, 5.74) is 1.92. The Kier molecular flexibility index (Phi) is 2.23. The molecule has 3 rings (SSSR count). The van der Waals surface area contributed by atoms with Crippen LogP contribution < -0.4 is 0 Å². The van der Waals surface area contributed by atoms with Gasteiger partial charge in [-0.25, -0.2) is 4.98 Å². The van der Waals surface area contributed by atoms with Gasteiger partial charge in [0.2, 0.25) is 0 Å². The van der Waals surface area contributed by atoms with Gasteiger partial charge in [-0.05, 0) is 31.2 Å². The van der Waals surface area contributed by atoms with Crippen molar-refractivity contribution < 1.29 is 0 Å². The second-order valence-electron chi connectivity index (χ2n) is 3.65. The number of aromatic nitrogens is 2. The summed E-state index contributed by atoms with van der Waals surface area (Å²) < 4.78 is 1.95. The number of nitrogens with zero attached hydrogens (tertiary/aromatic N) is 2. The monoisotopic (exact) mass is 248 g/mol. The van der Waals surface area contributed by atoms with Crippen molar-refractivity contribution in [2.75, 3.05) is 0 Å². The van der Waals surface area contributed by atoms with Crippen molar-refractivity contribution in [3.63, 3.8) is 0 Å². The van der Waals surface area contributed by atoms with Crippen LogP contribution in [0.15, 0.2) is 36.7 Å². The number of rotatable bonds is 1. The van der Waals surface area contributed by atoms with Crippen molar-refractivity contribution in [1.82, 2.24) is 9.38 Å². The fourth-order valence-corrected chi connectivity index (χ4v) is 2.65. The third kappa shape index (κ3) is 1.62. The molecular formula is C12H9ClN2S. The topological polar surface area (TPSA) is 17.3 Å². The Labute approximate surface area is 102 Å². The smallest absolute Gasteiger partial charge is 0.137 e. The first-order valence-corrected chi connectivity index (χ1v) is 6.13. The highest BCUT2D eigenvalue weighted by atomic mass is 35.5. The van der Waals surface area contributed by atoms with Crippen molar-refractivity contribution in [3.05, 3.63) is 46.6 Å². The molecule has 0 aliphatic rings. The first kappa shape index (κ1) is 9.87. The zero-order valence-corrected chi connectivity index (χ0v) is 10.2. The van der Waals surface area contributed by atoms with Gasteiger partial charge in [0.05, 0.1) is 15.6 Å². The van der Waals surface area contributed by atoms with Gasteiger partial charge in [-0.15, -0.1) is 11.3 Å². The molecule has 0 N–H and O–H groups in total. The Hall–Kier alpha value is -1.32. The van der Waals surface area contributed by atoms with Gasteiger partial charge < -0.3 is 4.40 Å². The van der Waals surface area contributed by atoms with Crippen molar-refractivity contribution >= 4 is 28.6 Å². The molecule has 0 saturated carbocycles. The average Bonchev–Trinajstić information content (AvgIpc) is 2.83. The van der Waals surface area contributed by atoms with Gasteiger partial charge in [-0.3, -0.25) is 0 Å². The van der Waals surface area contributed by atoms with Crippen LogP contribution in [0.1, 0.15) is 4.88 Å². The fourth-order valence-electron chi connectivity index (χ4n) is 1.66. The maximum Gasteiger partial charge on any atom is 0.137 e. The Morgan fingerprint density at radius 3 is 2.81 bits per heavy atom. The van der Waals surface area contributed by atoms with Crippen molar-refractivity contribution in [3.8, 4) is 10.6 Å². The van der Waals surface area contributed by atoms with Crippen LogP contribution in [-0.2, 0) is 0 Å². The summed E-state index contributed by atoms with van der Waals surface area (Å²) in [4.78, 5) is 7.04. The van der Waals surface area contributed by atoms with E-state index in [2.05, 4.69) is 24.0 Å². The average molecular weight is 249 g/mol. The summed E-state index contributed by atoms with van der Waals surface area (Å²) in [5.74, 6) is 0. The number of hydrogen-bond donors (Lipinski definition) is 0. The molecule has 80 valence electrons. The van der Waals surface area contributed by atoms with Gasteiger partial charge >= 0.3 is 0 Å². The lowest BCUT2D eigenvalue weighted by molar-refractivity contribution is 1.19. The summed E-state index contributed by atoms with van der Waals surface area (Å²) in [5, 5.41) is 0.721. The van der Waals surface area contributed by atoms with Gasteiger partial charge in [0, 0.05) is 17.3 Å². The van der Waals surface area contributed by atoms with Gasteiger partial charge in [-0.1, -0.05) is 11.6 Å².